The van der Waals surface area contributed by atoms with Gasteiger partial charge in [0, 0.05) is 10.5 Å². The highest BCUT2D eigenvalue weighted by atomic mass is 32.2. The largest absolute Gasteiger partial charge is 0.151 e. The summed E-state index contributed by atoms with van der Waals surface area (Å²) in [5.41, 5.74) is 4.92. The van der Waals surface area contributed by atoms with Crippen molar-refractivity contribution in [3.05, 3.63) is 77.9 Å². The Hall–Kier alpha value is -1.47. The van der Waals surface area contributed by atoms with Crippen LogP contribution in [0.5, 0.6) is 0 Å². The Morgan fingerprint density at radius 1 is 0.950 bits per heavy atom. The smallest absolute Gasteiger partial charge is 0.0195 e. The fourth-order valence-electron chi connectivity index (χ4n) is 2.03. The topological polar surface area (TPSA) is 0 Å². The highest BCUT2D eigenvalue weighted by molar-refractivity contribution is 7.99. The van der Waals surface area contributed by atoms with Crippen LogP contribution in [0.3, 0.4) is 0 Å². The van der Waals surface area contributed by atoms with Gasteiger partial charge in [-0.15, -0.1) is 0 Å². The van der Waals surface area contributed by atoms with E-state index >= 15 is 0 Å². The third-order valence-electron chi connectivity index (χ3n) is 3.13. The van der Waals surface area contributed by atoms with Gasteiger partial charge in [0.05, 0.1) is 0 Å². The van der Waals surface area contributed by atoms with E-state index in [-0.39, 0.29) is 4.75 Å². The second-order valence-electron chi connectivity index (χ2n) is 5.90. The molecule has 0 fully saturated rings. The molecule has 0 aromatic heterocycles. The molecular formula is C19H22S. The van der Waals surface area contributed by atoms with Gasteiger partial charge in [0.15, 0.2) is 0 Å². The molecule has 0 saturated heterocycles. The second-order valence-corrected chi connectivity index (χ2v) is 7.70. The first-order chi connectivity index (χ1) is 9.47. The number of hydrogen-bond donors (Lipinski definition) is 0. The summed E-state index contributed by atoms with van der Waals surface area (Å²) in [5.74, 6) is 1.02. The maximum absolute atomic E-state index is 4.29. The Morgan fingerprint density at radius 3 is 2.20 bits per heavy atom. The summed E-state index contributed by atoms with van der Waals surface area (Å²) >= 11 is 1.97. The number of hydrogen-bond acceptors (Lipinski definition) is 1. The maximum Gasteiger partial charge on any atom is 0.0195 e. The van der Waals surface area contributed by atoms with Crippen LogP contribution in [0, 0.1) is 0 Å². The van der Waals surface area contributed by atoms with E-state index in [1.807, 2.05) is 17.8 Å². The highest BCUT2D eigenvalue weighted by Crippen LogP contribution is 2.31. The summed E-state index contributed by atoms with van der Waals surface area (Å²) in [5, 5.41) is 0. The van der Waals surface area contributed by atoms with Crippen LogP contribution in [0.1, 0.15) is 37.5 Å². The molecule has 0 spiro atoms. The Labute approximate surface area is 126 Å². The summed E-state index contributed by atoms with van der Waals surface area (Å²) in [4.78, 5) is 0. The minimum absolute atomic E-state index is 0.279. The van der Waals surface area contributed by atoms with E-state index in [0.717, 1.165) is 11.3 Å². The molecule has 0 N–H and O–H groups in total. The minimum Gasteiger partial charge on any atom is -0.151 e. The van der Waals surface area contributed by atoms with E-state index in [0.29, 0.717) is 0 Å². The lowest BCUT2D eigenvalue weighted by Crippen LogP contribution is -2.08. The second kappa shape index (κ2) is 6.32. The summed E-state index contributed by atoms with van der Waals surface area (Å²) < 4.78 is 0.279. The van der Waals surface area contributed by atoms with Gasteiger partial charge >= 0.3 is 0 Å². The fraction of sp³-hybridized carbons (Fsp3) is 0.263. The van der Waals surface area contributed by atoms with E-state index in [4.69, 9.17) is 0 Å². The molecule has 0 nitrogen and oxygen atoms in total. The first-order valence-electron chi connectivity index (χ1n) is 6.94. The summed E-state index contributed by atoms with van der Waals surface area (Å²) in [6.07, 6.45) is 0. The van der Waals surface area contributed by atoms with Crippen molar-refractivity contribution in [3.63, 3.8) is 0 Å². The van der Waals surface area contributed by atoms with Gasteiger partial charge in [-0.3, -0.25) is 0 Å². The molecule has 2 aromatic carbocycles. The Balaban J connectivity index is 2.26. The molecule has 20 heavy (non-hydrogen) atoms. The lowest BCUT2D eigenvalue weighted by atomic mass is 9.96. The summed E-state index contributed by atoms with van der Waals surface area (Å²) in [6.45, 7) is 11.1. The van der Waals surface area contributed by atoms with Gasteiger partial charge < -0.3 is 0 Å². The molecule has 0 aliphatic carbocycles. The van der Waals surface area contributed by atoms with E-state index in [1.54, 1.807) is 0 Å². The van der Waals surface area contributed by atoms with Crippen molar-refractivity contribution in [1.29, 1.82) is 0 Å². The molecule has 0 heterocycles. The number of thioether (sulfide) groups is 1. The van der Waals surface area contributed by atoms with Crippen molar-refractivity contribution in [2.75, 3.05) is 0 Å². The summed E-state index contributed by atoms with van der Waals surface area (Å²) in [7, 11) is 0. The molecule has 0 radical (unpaired) electrons. The van der Waals surface area contributed by atoms with Gasteiger partial charge in [0.2, 0.25) is 0 Å². The average Bonchev–Trinajstić information content (AvgIpc) is 2.45. The normalized spacial score (nSPS) is 11.3. The van der Waals surface area contributed by atoms with Crippen LogP contribution in [-0.4, -0.2) is 4.75 Å². The predicted octanol–water partition coefficient (Wildman–Crippen LogP) is 5.78. The monoisotopic (exact) mass is 282 g/mol. The van der Waals surface area contributed by atoms with Crippen molar-refractivity contribution in [3.8, 4) is 0 Å². The zero-order valence-corrected chi connectivity index (χ0v) is 13.3. The van der Waals surface area contributed by atoms with Gasteiger partial charge in [-0.1, -0.05) is 81.9 Å². The molecular weight excluding hydrogens is 260 g/mol. The van der Waals surface area contributed by atoms with Gasteiger partial charge in [0.25, 0.3) is 0 Å². The quantitative estimate of drug-likeness (QED) is 0.685. The van der Waals surface area contributed by atoms with Crippen molar-refractivity contribution < 1.29 is 0 Å². The van der Waals surface area contributed by atoms with E-state index in [9.17, 15) is 0 Å². The Bertz CT molecular complexity index is 576. The SMILES string of the molecule is C=C(c1ccccc1)c1ccccc1CSC(C)(C)C. The standard InChI is InChI=1S/C19H22S/c1-15(16-10-6-5-7-11-16)18-13-9-8-12-17(18)14-20-19(2,3)4/h5-13H,1,14H2,2-4H3. The van der Waals surface area contributed by atoms with Crippen LogP contribution < -0.4 is 0 Å². The van der Waals surface area contributed by atoms with Crippen molar-refractivity contribution in [1.82, 2.24) is 0 Å². The third kappa shape index (κ3) is 4.01. The predicted molar refractivity (Wildman–Crippen MR) is 92.1 cm³/mol. The third-order valence-corrected chi connectivity index (χ3v) is 4.45. The molecule has 0 aliphatic rings. The first kappa shape index (κ1) is 14.9. The molecule has 0 amide bonds. The summed E-state index contributed by atoms with van der Waals surface area (Å²) in [6, 6.07) is 19.0. The molecule has 104 valence electrons. The van der Waals surface area contributed by atoms with Crippen molar-refractivity contribution in [2.45, 2.75) is 31.3 Å². The van der Waals surface area contributed by atoms with E-state index < -0.39 is 0 Å². The lowest BCUT2D eigenvalue weighted by molar-refractivity contribution is 0.802. The van der Waals surface area contributed by atoms with Crippen LogP contribution >= 0.6 is 11.8 Å². The minimum atomic E-state index is 0.279. The molecule has 1 heteroatoms. The zero-order valence-electron chi connectivity index (χ0n) is 12.5. The van der Waals surface area contributed by atoms with Gasteiger partial charge in [-0.25, -0.2) is 0 Å². The molecule has 0 bridgehead atoms. The van der Waals surface area contributed by atoms with Crippen LogP contribution in [0.4, 0.5) is 0 Å². The molecule has 0 saturated carbocycles. The Kier molecular flexibility index (Phi) is 4.72. The molecule has 0 unspecified atom stereocenters. The average molecular weight is 282 g/mol. The molecule has 0 atom stereocenters. The molecule has 2 aromatic rings. The van der Waals surface area contributed by atoms with E-state index in [1.165, 1.54) is 16.7 Å². The van der Waals surface area contributed by atoms with Crippen molar-refractivity contribution >= 4 is 17.3 Å². The van der Waals surface area contributed by atoms with Gasteiger partial charge in [-0.2, -0.15) is 11.8 Å². The lowest BCUT2D eigenvalue weighted by Gasteiger charge is -2.19. The van der Waals surface area contributed by atoms with Gasteiger partial charge in [-0.05, 0) is 22.3 Å². The zero-order chi connectivity index (χ0) is 14.6. The fourth-order valence-corrected chi connectivity index (χ4v) is 2.87. The maximum atomic E-state index is 4.29. The first-order valence-corrected chi connectivity index (χ1v) is 7.92. The van der Waals surface area contributed by atoms with Crippen LogP contribution in [0.2, 0.25) is 0 Å². The number of benzene rings is 2. The number of rotatable bonds is 4. The highest BCUT2D eigenvalue weighted by Gasteiger charge is 2.13. The molecule has 2 rings (SSSR count). The van der Waals surface area contributed by atoms with Crippen LogP contribution in [0.25, 0.3) is 5.57 Å². The molecule has 0 aliphatic heterocycles. The van der Waals surface area contributed by atoms with Gasteiger partial charge in [0.1, 0.15) is 0 Å². The van der Waals surface area contributed by atoms with Crippen molar-refractivity contribution in [2.24, 2.45) is 0 Å². The Morgan fingerprint density at radius 2 is 1.55 bits per heavy atom. The van der Waals surface area contributed by atoms with Crippen LogP contribution in [0.15, 0.2) is 61.2 Å². The van der Waals surface area contributed by atoms with Crippen LogP contribution in [-0.2, 0) is 5.75 Å². The van der Waals surface area contributed by atoms with E-state index in [2.05, 4.69) is 75.9 Å².